The molecule has 1 saturated carbocycles. The Kier molecular flexibility index (Phi) is 4.00. The smallest absolute Gasteiger partial charge is 0.0674 e. The predicted octanol–water partition coefficient (Wildman–Crippen LogP) is 1.24. The summed E-state index contributed by atoms with van der Waals surface area (Å²) in [6.07, 6.45) is 4.47. The first-order valence-electron chi connectivity index (χ1n) is 6.34. The van der Waals surface area contributed by atoms with Crippen LogP contribution in [0.25, 0.3) is 0 Å². The van der Waals surface area contributed by atoms with Crippen molar-refractivity contribution in [2.24, 2.45) is 0 Å². The molecule has 15 heavy (non-hydrogen) atoms. The molecular formula is C12H24N2O. The molecule has 0 amide bonds. The van der Waals surface area contributed by atoms with Gasteiger partial charge < -0.3 is 10.1 Å². The monoisotopic (exact) mass is 212 g/mol. The van der Waals surface area contributed by atoms with Crippen LogP contribution in [0.4, 0.5) is 0 Å². The minimum Gasteiger partial charge on any atom is -0.376 e. The number of nitrogens with one attached hydrogen (secondary N) is 1. The van der Waals surface area contributed by atoms with Crippen molar-refractivity contribution in [2.75, 3.05) is 26.2 Å². The van der Waals surface area contributed by atoms with Gasteiger partial charge in [-0.3, -0.25) is 4.90 Å². The van der Waals surface area contributed by atoms with E-state index in [0.717, 1.165) is 25.7 Å². The molecule has 1 aliphatic heterocycles. The number of hydrogen-bond acceptors (Lipinski definition) is 3. The lowest BCUT2D eigenvalue weighted by Crippen LogP contribution is -2.46. The van der Waals surface area contributed by atoms with E-state index in [1.165, 1.54) is 25.8 Å². The summed E-state index contributed by atoms with van der Waals surface area (Å²) in [4.78, 5) is 2.56. The van der Waals surface area contributed by atoms with Crippen molar-refractivity contribution in [3.8, 4) is 0 Å². The zero-order chi connectivity index (χ0) is 10.7. The van der Waals surface area contributed by atoms with Gasteiger partial charge in [0, 0.05) is 25.2 Å². The third kappa shape index (κ3) is 3.74. The molecule has 0 bridgehead atoms. The van der Waals surface area contributed by atoms with Crippen LogP contribution in [-0.2, 0) is 4.74 Å². The molecular weight excluding hydrogens is 188 g/mol. The third-order valence-electron chi connectivity index (χ3n) is 3.47. The maximum Gasteiger partial charge on any atom is 0.0674 e. The third-order valence-corrected chi connectivity index (χ3v) is 3.47. The number of rotatable bonds is 5. The van der Waals surface area contributed by atoms with Crippen molar-refractivity contribution in [1.82, 2.24) is 10.2 Å². The van der Waals surface area contributed by atoms with Crippen molar-refractivity contribution in [3.05, 3.63) is 0 Å². The van der Waals surface area contributed by atoms with E-state index in [0.29, 0.717) is 12.1 Å². The average molecular weight is 212 g/mol. The van der Waals surface area contributed by atoms with E-state index in [4.69, 9.17) is 4.74 Å². The van der Waals surface area contributed by atoms with Gasteiger partial charge in [0.25, 0.3) is 0 Å². The lowest BCUT2D eigenvalue weighted by molar-refractivity contribution is -0.0324. The van der Waals surface area contributed by atoms with Gasteiger partial charge in [-0.2, -0.15) is 0 Å². The summed E-state index contributed by atoms with van der Waals surface area (Å²) >= 11 is 0. The maximum absolute atomic E-state index is 5.55. The average Bonchev–Trinajstić information content (AvgIpc) is 3.01. The molecule has 1 N–H and O–H groups in total. The second-order valence-electron chi connectivity index (χ2n) is 5.04. The maximum atomic E-state index is 5.55. The fourth-order valence-electron chi connectivity index (χ4n) is 2.21. The highest BCUT2D eigenvalue weighted by atomic mass is 16.5. The zero-order valence-electron chi connectivity index (χ0n) is 10.0. The van der Waals surface area contributed by atoms with Crippen LogP contribution in [0.3, 0.4) is 0 Å². The molecule has 0 spiro atoms. The Bertz CT molecular complexity index is 194. The largest absolute Gasteiger partial charge is 0.376 e. The van der Waals surface area contributed by atoms with Crippen LogP contribution in [0.15, 0.2) is 0 Å². The molecule has 3 nitrogen and oxygen atoms in total. The first-order chi connectivity index (χ1) is 7.25. The molecule has 0 aromatic rings. The van der Waals surface area contributed by atoms with Gasteiger partial charge in [-0.25, -0.2) is 0 Å². The van der Waals surface area contributed by atoms with E-state index in [2.05, 4.69) is 24.1 Å². The summed E-state index contributed by atoms with van der Waals surface area (Å²) in [7, 11) is 0. The van der Waals surface area contributed by atoms with Crippen molar-refractivity contribution in [2.45, 2.75) is 51.3 Å². The quantitative estimate of drug-likeness (QED) is 0.742. The number of morpholine rings is 1. The molecule has 2 unspecified atom stereocenters. The van der Waals surface area contributed by atoms with Gasteiger partial charge in [0.15, 0.2) is 0 Å². The SMILES string of the molecule is CC1CN(C(C)CCNC2CC2)CCO1. The Hall–Kier alpha value is -0.120. The lowest BCUT2D eigenvalue weighted by atomic mass is 10.1. The minimum absolute atomic E-state index is 0.414. The zero-order valence-corrected chi connectivity index (χ0v) is 10.0. The lowest BCUT2D eigenvalue weighted by Gasteiger charge is -2.35. The Morgan fingerprint density at radius 3 is 2.93 bits per heavy atom. The van der Waals surface area contributed by atoms with Gasteiger partial charge in [-0.05, 0) is 39.7 Å². The molecule has 2 aliphatic rings. The molecule has 88 valence electrons. The number of ether oxygens (including phenoxy) is 1. The van der Waals surface area contributed by atoms with Crippen molar-refractivity contribution < 1.29 is 4.74 Å². The second-order valence-corrected chi connectivity index (χ2v) is 5.04. The van der Waals surface area contributed by atoms with Crippen LogP contribution in [0.1, 0.15) is 33.1 Å². The van der Waals surface area contributed by atoms with Crippen LogP contribution >= 0.6 is 0 Å². The summed E-state index contributed by atoms with van der Waals surface area (Å²) < 4.78 is 5.55. The highest BCUT2D eigenvalue weighted by Crippen LogP contribution is 2.18. The number of hydrogen-bond donors (Lipinski definition) is 1. The molecule has 3 heteroatoms. The van der Waals surface area contributed by atoms with Crippen molar-refractivity contribution in [1.29, 1.82) is 0 Å². The minimum atomic E-state index is 0.414. The standard InChI is InChI=1S/C12H24N2O/c1-10(5-6-13-12-3-4-12)14-7-8-15-11(2)9-14/h10-13H,3-9H2,1-2H3. The topological polar surface area (TPSA) is 24.5 Å². The summed E-state index contributed by atoms with van der Waals surface area (Å²) in [6, 6.07) is 1.54. The highest BCUT2D eigenvalue weighted by molar-refractivity contribution is 4.82. The van der Waals surface area contributed by atoms with E-state index in [9.17, 15) is 0 Å². The molecule has 0 radical (unpaired) electrons. The van der Waals surface area contributed by atoms with Gasteiger partial charge in [0.2, 0.25) is 0 Å². The Labute approximate surface area is 93.2 Å². The Balaban J connectivity index is 1.62. The molecule has 2 fully saturated rings. The highest BCUT2D eigenvalue weighted by Gasteiger charge is 2.23. The van der Waals surface area contributed by atoms with Crippen LogP contribution < -0.4 is 5.32 Å². The van der Waals surface area contributed by atoms with E-state index >= 15 is 0 Å². The first kappa shape index (κ1) is 11.4. The van der Waals surface area contributed by atoms with Gasteiger partial charge >= 0.3 is 0 Å². The van der Waals surface area contributed by atoms with E-state index in [1.54, 1.807) is 0 Å². The van der Waals surface area contributed by atoms with E-state index < -0.39 is 0 Å². The summed E-state index contributed by atoms with van der Waals surface area (Å²) in [5, 5.41) is 3.58. The fourth-order valence-corrected chi connectivity index (χ4v) is 2.21. The van der Waals surface area contributed by atoms with Gasteiger partial charge in [-0.15, -0.1) is 0 Å². The second kappa shape index (κ2) is 5.28. The first-order valence-corrected chi connectivity index (χ1v) is 6.34. The number of nitrogens with zero attached hydrogens (tertiary/aromatic N) is 1. The summed E-state index contributed by atoms with van der Waals surface area (Å²) in [5.41, 5.74) is 0. The summed E-state index contributed by atoms with van der Waals surface area (Å²) in [5.74, 6) is 0. The Morgan fingerprint density at radius 2 is 2.27 bits per heavy atom. The fraction of sp³-hybridized carbons (Fsp3) is 1.00. The van der Waals surface area contributed by atoms with Gasteiger partial charge in [0.1, 0.15) is 0 Å². The normalized spacial score (nSPS) is 30.4. The molecule has 1 heterocycles. The van der Waals surface area contributed by atoms with Crippen LogP contribution in [0, 0.1) is 0 Å². The van der Waals surface area contributed by atoms with Gasteiger partial charge in [0.05, 0.1) is 12.7 Å². The van der Waals surface area contributed by atoms with Crippen LogP contribution in [0.5, 0.6) is 0 Å². The molecule has 0 aromatic carbocycles. The van der Waals surface area contributed by atoms with Crippen molar-refractivity contribution >= 4 is 0 Å². The van der Waals surface area contributed by atoms with Crippen molar-refractivity contribution in [3.63, 3.8) is 0 Å². The van der Waals surface area contributed by atoms with Crippen LogP contribution in [0.2, 0.25) is 0 Å². The van der Waals surface area contributed by atoms with E-state index in [-0.39, 0.29) is 0 Å². The van der Waals surface area contributed by atoms with Crippen LogP contribution in [-0.4, -0.2) is 49.3 Å². The molecule has 1 aliphatic carbocycles. The predicted molar refractivity (Wildman–Crippen MR) is 62.1 cm³/mol. The Morgan fingerprint density at radius 1 is 1.47 bits per heavy atom. The van der Waals surface area contributed by atoms with E-state index in [1.807, 2.05) is 0 Å². The molecule has 2 rings (SSSR count). The molecule has 0 aromatic heterocycles. The molecule has 1 saturated heterocycles. The molecule has 2 atom stereocenters. The summed E-state index contributed by atoms with van der Waals surface area (Å²) in [6.45, 7) is 8.80. The van der Waals surface area contributed by atoms with Gasteiger partial charge in [-0.1, -0.05) is 0 Å².